The van der Waals surface area contributed by atoms with Gasteiger partial charge in [-0.25, -0.2) is 0 Å². The highest BCUT2D eigenvalue weighted by Crippen LogP contribution is 2.16. The van der Waals surface area contributed by atoms with Gasteiger partial charge in [-0.3, -0.25) is 9.59 Å². The van der Waals surface area contributed by atoms with Gasteiger partial charge in [0.15, 0.2) is 5.69 Å². The van der Waals surface area contributed by atoms with Gasteiger partial charge in [0.1, 0.15) is 12.3 Å². The fraction of sp³-hybridized carbons (Fsp3) is 0.583. The lowest BCUT2D eigenvalue weighted by Gasteiger charge is -2.18. The van der Waals surface area contributed by atoms with Crippen LogP contribution >= 0.6 is 0 Å². The molecule has 0 spiro atoms. The maximum Gasteiger partial charge on any atom is 0.323 e. The summed E-state index contributed by atoms with van der Waals surface area (Å²) in [4.78, 5) is 24.0. The van der Waals surface area contributed by atoms with E-state index < -0.39 is 11.9 Å². The lowest BCUT2D eigenvalue weighted by atomic mass is 10.1. The number of hydrogen-bond donors (Lipinski definition) is 1. The minimum absolute atomic E-state index is 0.137. The Morgan fingerprint density at radius 3 is 2.61 bits per heavy atom. The lowest BCUT2D eigenvalue weighted by molar-refractivity contribution is -0.137. The van der Waals surface area contributed by atoms with Gasteiger partial charge in [-0.1, -0.05) is 25.9 Å². The molecule has 1 aromatic heterocycles. The van der Waals surface area contributed by atoms with Gasteiger partial charge in [0.25, 0.3) is 5.91 Å². The van der Waals surface area contributed by atoms with Crippen molar-refractivity contribution in [2.75, 3.05) is 13.1 Å². The summed E-state index contributed by atoms with van der Waals surface area (Å²) < 4.78 is 5.04. The average Bonchev–Trinajstić information content (AvgIpc) is 2.76. The summed E-state index contributed by atoms with van der Waals surface area (Å²) in [6, 6.07) is 1.57. The molecule has 1 aromatic rings. The number of amides is 1. The highest BCUT2D eigenvalue weighted by Gasteiger charge is 2.21. The molecule has 1 rings (SSSR count). The van der Waals surface area contributed by atoms with Crippen molar-refractivity contribution >= 4 is 11.9 Å². The Morgan fingerprint density at radius 1 is 1.50 bits per heavy atom. The summed E-state index contributed by atoms with van der Waals surface area (Å²) in [5, 5.41) is 12.5. The zero-order chi connectivity index (χ0) is 13.7. The first-order valence-corrected chi connectivity index (χ1v) is 5.93. The first-order chi connectivity index (χ1) is 8.45. The molecule has 0 radical (unpaired) electrons. The van der Waals surface area contributed by atoms with E-state index in [-0.39, 0.29) is 18.2 Å². The second-order valence-electron chi connectivity index (χ2n) is 4.39. The molecule has 0 bridgehead atoms. The van der Waals surface area contributed by atoms with Crippen molar-refractivity contribution < 1.29 is 19.2 Å². The van der Waals surface area contributed by atoms with E-state index in [0.29, 0.717) is 18.7 Å². The van der Waals surface area contributed by atoms with E-state index in [1.165, 1.54) is 4.90 Å². The van der Waals surface area contributed by atoms with Gasteiger partial charge in [-0.05, 0) is 6.42 Å². The van der Waals surface area contributed by atoms with Crippen molar-refractivity contribution in [2.24, 2.45) is 0 Å². The molecule has 0 unspecified atom stereocenters. The molecule has 0 atom stereocenters. The van der Waals surface area contributed by atoms with Crippen LogP contribution in [0.25, 0.3) is 0 Å². The number of carboxylic acids is 1. The minimum atomic E-state index is -1.04. The van der Waals surface area contributed by atoms with E-state index >= 15 is 0 Å². The summed E-state index contributed by atoms with van der Waals surface area (Å²) in [5.74, 6) is -0.692. The Labute approximate surface area is 106 Å². The predicted octanol–water partition coefficient (Wildman–Crippen LogP) is 1.73. The Morgan fingerprint density at radius 2 is 2.17 bits per heavy atom. The number of aromatic nitrogens is 1. The van der Waals surface area contributed by atoms with Crippen LogP contribution in [0.15, 0.2) is 10.6 Å². The molecule has 0 aromatic carbocycles. The fourth-order valence-electron chi connectivity index (χ4n) is 1.51. The fourth-order valence-corrected chi connectivity index (χ4v) is 1.51. The van der Waals surface area contributed by atoms with Crippen LogP contribution in [0.1, 0.15) is 49.4 Å². The van der Waals surface area contributed by atoms with Crippen LogP contribution in [-0.4, -0.2) is 40.1 Å². The molecule has 0 fully saturated rings. The van der Waals surface area contributed by atoms with Crippen LogP contribution in [0.5, 0.6) is 0 Å². The third-order valence-electron chi connectivity index (χ3n) is 2.42. The van der Waals surface area contributed by atoms with Gasteiger partial charge in [0.05, 0.1) is 0 Å². The second kappa shape index (κ2) is 6.18. The van der Waals surface area contributed by atoms with E-state index in [1.807, 2.05) is 20.8 Å². The van der Waals surface area contributed by atoms with Crippen LogP contribution in [-0.2, 0) is 4.79 Å². The molecule has 1 N–H and O–H groups in total. The molecule has 1 amide bonds. The molecule has 0 aliphatic rings. The summed E-state index contributed by atoms with van der Waals surface area (Å²) in [5.41, 5.74) is 0.161. The van der Waals surface area contributed by atoms with Gasteiger partial charge < -0.3 is 14.5 Å². The number of nitrogens with zero attached hydrogens (tertiary/aromatic N) is 2. The van der Waals surface area contributed by atoms with Gasteiger partial charge in [-0.2, -0.15) is 0 Å². The van der Waals surface area contributed by atoms with E-state index in [4.69, 9.17) is 9.63 Å². The average molecular weight is 254 g/mol. The largest absolute Gasteiger partial charge is 0.480 e. The third-order valence-corrected chi connectivity index (χ3v) is 2.42. The molecule has 100 valence electrons. The second-order valence-corrected chi connectivity index (χ2v) is 4.39. The number of aliphatic carboxylic acids is 1. The monoisotopic (exact) mass is 254 g/mol. The number of hydrogen-bond acceptors (Lipinski definition) is 4. The van der Waals surface area contributed by atoms with Crippen LogP contribution in [0.3, 0.4) is 0 Å². The Balaban J connectivity index is 2.83. The third kappa shape index (κ3) is 3.58. The first-order valence-electron chi connectivity index (χ1n) is 5.93. The maximum atomic E-state index is 12.0. The minimum Gasteiger partial charge on any atom is -0.480 e. The smallest absolute Gasteiger partial charge is 0.323 e. The molecule has 6 heteroatoms. The Hall–Kier alpha value is -1.85. The SMILES string of the molecule is CCCN(CC(=O)O)C(=O)c1cc(C(C)C)on1. The van der Waals surface area contributed by atoms with Crippen LogP contribution in [0, 0.1) is 0 Å². The molecule has 0 saturated heterocycles. The molecular weight excluding hydrogens is 236 g/mol. The summed E-state index contributed by atoms with van der Waals surface area (Å²) in [6.45, 7) is 5.79. The van der Waals surface area contributed by atoms with E-state index in [9.17, 15) is 9.59 Å². The summed E-state index contributed by atoms with van der Waals surface area (Å²) >= 11 is 0. The van der Waals surface area contributed by atoms with E-state index in [0.717, 1.165) is 0 Å². The normalized spacial score (nSPS) is 10.7. The van der Waals surface area contributed by atoms with Gasteiger partial charge in [-0.15, -0.1) is 0 Å². The Kier molecular flexibility index (Phi) is 4.88. The number of rotatable bonds is 6. The molecule has 6 nitrogen and oxygen atoms in total. The summed E-state index contributed by atoms with van der Waals surface area (Å²) in [7, 11) is 0. The van der Waals surface area contributed by atoms with Crippen LogP contribution in [0.4, 0.5) is 0 Å². The molecular formula is C12H18N2O4. The molecule has 0 aliphatic carbocycles. The lowest BCUT2D eigenvalue weighted by Crippen LogP contribution is -2.36. The molecule has 0 aliphatic heterocycles. The van der Waals surface area contributed by atoms with Crippen molar-refractivity contribution in [1.29, 1.82) is 0 Å². The highest BCUT2D eigenvalue weighted by molar-refractivity contribution is 5.94. The van der Waals surface area contributed by atoms with E-state index in [1.54, 1.807) is 6.07 Å². The number of carboxylic acid groups (broad SMARTS) is 1. The highest BCUT2D eigenvalue weighted by atomic mass is 16.5. The maximum absolute atomic E-state index is 12.0. The molecule has 1 heterocycles. The standard InChI is InChI=1S/C12H18N2O4/c1-4-5-14(7-11(15)16)12(17)9-6-10(8(2)3)18-13-9/h6,8H,4-5,7H2,1-3H3,(H,15,16). The van der Waals surface area contributed by atoms with E-state index in [2.05, 4.69) is 5.16 Å². The predicted molar refractivity (Wildman–Crippen MR) is 64.4 cm³/mol. The quantitative estimate of drug-likeness (QED) is 0.835. The van der Waals surface area contributed by atoms with Gasteiger partial charge in [0.2, 0.25) is 0 Å². The number of carbonyl (C=O) groups is 2. The summed E-state index contributed by atoms with van der Waals surface area (Å²) in [6.07, 6.45) is 0.688. The Bertz CT molecular complexity index is 425. The van der Waals surface area contributed by atoms with Crippen molar-refractivity contribution in [3.05, 3.63) is 17.5 Å². The van der Waals surface area contributed by atoms with Crippen molar-refractivity contribution in [3.63, 3.8) is 0 Å². The zero-order valence-electron chi connectivity index (χ0n) is 10.8. The zero-order valence-corrected chi connectivity index (χ0v) is 10.8. The van der Waals surface area contributed by atoms with Crippen LogP contribution < -0.4 is 0 Å². The van der Waals surface area contributed by atoms with Crippen molar-refractivity contribution in [3.8, 4) is 0 Å². The number of carbonyl (C=O) groups excluding carboxylic acids is 1. The molecule has 18 heavy (non-hydrogen) atoms. The van der Waals surface area contributed by atoms with Gasteiger partial charge >= 0.3 is 5.97 Å². The molecule has 0 saturated carbocycles. The van der Waals surface area contributed by atoms with Crippen molar-refractivity contribution in [2.45, 2.75) is 33.1 Å². The van der Waals surface area contributed by atoms with Crippen LogP contribution in [0.2, 0.25) is 0 Å². The van der Waals surface area contributed by atoms with Gasteiger partial charge in [0, 0.05) is 18.5 Å². The van der Waals surface area contributed by atoms with Crippen molar-refractivity contribution in [1.82, 2.24) is 10.1 Å². The topological polar surface area (TPSA) is 83.6 Å². The first kappa shape index (κ1) is 14.2.